The van der Waals surface area contributed by atoms with Crippen molar-refractivity contribution in [2.24, 2.45) is 5.92 Å². The molecule has 0 spiro atoms. The molecular formula is C27H50O4. The van der Waals surface area contributed by atoms with Crippen LogP contribution < -0.4 is 0 Å². The maximum Gasteiger partial charge on any atom is 0.307 e. The molecule has 0 radical (unpaired) electrons. The zero-order chi connectivity index (χ0) is 23.0. The van der Waals surface area contributed by atoms with Gasteiger partial charge in [0.1, 0.15) is 0 Å². The van der Waals surface area contributed by atoms with Gasteiger partial charge in [-0.05, 0) is 38.5 Å². The Bertz CT molecular complexity index is 445. The minimum Gasteiger partial charge on any atom is -0.481 e. The van der Waals surface area contributed by atoms with E-state index in [1.165, 1.54) is 83.5 Å². The molecule has 0 aliphatic heterocycles. The molecule has 1 N–H and O–H groups in total. The van der Waals surface area contributed by atoms with Gasteiger partial charge >= 0.3 is 11.9 Å². The van der Waals surface area contributed by atoms with Crippen LogP contribution in [0.4, 0.5) is 0 Å². The van der Waals surface area contributed by atoms with Crippen molar-refractivity contribution in [2.75, 3.05) is 6.61 Å². The van der Waals surface area contributed by atoms with Crippen molar-refractivity contribution in [3.63, 3.8) is 0 Å². The Hall–Kier alpha value is -1.32. The molecule has 4 heteroatoms. The molecule has 0 saturated heterocycles. The third-order valence-corrected chi connectivity index (χ3v) is 5.79. The normalized spacial score (nSPS) is 12.3. The quantitative estimate of drug-likeness (QED) is 0.0991. The van der Waals surface area contributed by atoms with Gasteiger partial charge in [-0.1, -0.05) is 103 Å². The molecule has 0 fully saturated rings. The van der Waals surface area contributed by atoms with Crippen LogP contribution >= 0.6 is 0 Å². The highest BCUT2D eigenvalue weighted by molar-refractivity contribution is 5.78. The fourth-order valence-electron chi connectivity index (χ4n) is 3.78. The highest BCUT2D eigenvalue weighted by Crippen LogP contribution is 2.17. The lowest BCUT2D eigenvalue weighted by atomic mass is 9.97. The first-order valence-corrected chi connectivity index (χ1v) is 13.1. The average molecular weight is 439 g/mol. The van der Waals surface area contributed by atoms with E-state index in [2.05, 4.69) is 19.1 Å². The van der Waals surface area contributed by atoms with E-state index >= 15 is 0 Å². The number of hydrogen-bond donors (Lipinski definition) is 1. The van der Waals surface area contributed by atoms with Gasteiger partial charge in [-0.15, -0.1) is 0 Å². The summed E-state index contributed by atoms with van der Waals surface area (Å²) in [7, 11) is 0. The van der Waals surface area contributed by atoms with E-state index in [1.54, 1.807) is 0 Å². The van der Waals surface area contributed by atoms with E-state index in [0.29, 0.717) is 13.0 Å². The van der Waals surface area contributed by atoms with Crippen LogP contribution in [-0.2, 0) is 14.3 Å². The van der Waals surface area contributed by atoms with Gasteiger partial charge in [-0.3, -0.25) is 9.59 Å². The molecule has 0 rings (SSSR count). The van der Waals surface area contributed by atoms with Gasteiger partial charge in [0.15, 0.2) is 0 Å². The minimum absolute atomic E-state index is 0.00454. The molecule has 0 aromatic heterocycles. The van der Waals surface area contributed by atoms with E-state index in [4.69, 9.17) is 4.74 Å². The number of allylic oxidation sites excluding steroid dienone is 2. The molecule has 31 heavy (non-hydrogen) atoms. The lowest BCUT2D eigenvalue weighted by Gasteiger charge is -2.11. The molecular weight excluding hydrogens is 388 g/mol. The molecule has 0 aliphatic carbocycles. The zero-order valence-corrected chi connectivity index (χ0v) is 20.5. The molecule has 0 saturated carbocycles. The first kappa shape index (κ1) is 29.7. The molecule has 4 nitrogen and oxygen atoms in total. The van der Waals surface area contributed by atoms with Crippen molar-refractivity contribution in [3.8, 4) is 0 Å². The highest BCUT2D eigenvalue weighted by atomic mass is 16.5. The molecule has 1 unspecified atom stereocenters. The van der Waals surface area contributed by atoms with Gasteiger partial charge in [0, 0.05) is 0 Å². The fraction of sp³-hybridized carbons (Fsp3) is 0.852. The van der Waals surface area contributed by atoms with Crippen LogP contribution in [0.5, 0.6) is 0 Å². The zero-order valence-electron chi connectivity index (χ0n) is 20.5. The number of carbonyl (C=O) groups excluding carboxylic acids is 1. The number of ether oxygens (including phenoxy) is 1. The van der Waals surface area contributed by atoms with Gasteiger partial charge in [0.2, 0.25) is 0 Å². The Kier molecular flexibility index (Phi) is 22.4. The number of carboxylic acids is 1. The number of carbonyl (C=O) groups is 2. The molecule has 0 aliphatic rings. The Labute approximate surface area is 192 Å². The third kappa shape index (κ3) is 21.7. The molecule has 0 amide bonds. The van der Waals surface area contributed by atoms with Crippen molar-refractivity contribution in [1.29, 1.82) is 0 Å². The van der Waals surface area contributed by atoms with Gasteiger partial charge in [-0.2, -0.15) is 0 Å². The summed E-state index contributed by atoms with van der Waals surface area (Å²) in [5.41, 5.74) is 0. The summed E-state index contributed by atoms with van der Waals surface area (Å²) in [6, 6.07) is 0. The predicted octanol–water partition coefficient (Wildman–Crippen LogP) is 8.24. The molecule has 0 aromatic carbocycles. The van der Waals surface area contributed by atoms with Crippen LogP contribution in [0.25, 0.3) is 0 Å². The number of esters is 1. The summed E-state index contributed by atoms with van der Waals surface area (Å²) in [6.45, 7) is 4.56. The van der Waals surface area contributed by atoms with Crippen molar-refractivity contribution in [1.82, 2.24) is 0 Å². The molecule has 0 bridgehead atoms. The summed E-state index contributed by atoms with van der Waals surface area (Å²) in [5.74, 6) is -1.86. The Morgan fingerprint density at radius 1 is 0.710 bits per heavy atom. The standard InChI is InChI=1S/C27H50O4/c1-3-5-6-7-8-9-10-11-12-13-14-15-16-17-18-19-20-21-22-25(27(29)30)24-26(28)31-23-4-2/h8-9,25H,3-7,10-24H2,1-2H3,(H,29,30)/b9-8+. The minimum atomic E-state index is -0.878. The maximum absolute atomic E-state index is 11.6. The van der Waals surface area contributed by atoms with Crippen molar-refractivity contribution >= 4 is 11.9 Å². The fourth-order valence-corrected chi connectivity index (χ4v) is 3.78. The number of unbranched alkanes of at least 4 members (excludes halogenated alkanes) is 14. The van der Waals surface area contributed by atoms with Gasteiger partial charge in [-0.25, -0.2) is 0 Å². The van der Waals surface area contributed by atoms with Gasteiger partial charge in [0.05, 0.1) is 18.9 Å². The van der Waals surface area contributed by atoms with E-state index in [-0.39, 0.29) is 12.4 Å². The summed E-state index contributed by atoms with van der Waals surface area (Å²) in [5, 5.41) is 9.28. The highest BCUT2D eigenvalue weighted by Gasteiger charge is 2.21. The van der Waals surface area contributed by atoms with E-state index in [1.807, 2.05) is 6.92 Å². The van der Waals surface area contributed by atoms with Gasteiger partial charge < -0.3 is 9.84 Å². The second kappa shape index (κ2) is 23.3. The molecule has 182 valence electrons. The number of rotatable bonds is 23. The smallest absolute Gasteiger partial charge is 0.307 e. The monoisotopic (exact) mass is 438 g/mol. The lowest BCUT2D eigenvalue weighted by molar-refractivity contribution is -0.151. The van der Waals surface area contributed by atoms with Crippen LogP contribution in [0.15, 0.2) is 12.2 Å². The second-order valence-corrected chi connectivity index (χ2v) is 8.89. The van der Waals surface area contributed by atoms with Crippen LogP contribution in [-0.4, -0.2) is 23.7 Å². The van der Waals surface area contributed by atoms with Crippen LogP contribution in [0.2, 0.25) is 0 Å². The van der Waals surface area contributed by atoms with Crippen molar-refractivity contribution in [3.05, 3.63) is 12.2 Å². The number of carboxylic acid groups (broad SMARTS) is 1. The van der Waals surface area contributed by atoms with E-state index in [9.17, 15) is 14.7 Å². The Balaban J connectivity index is 3.43. The Morgan fingerprint density at radius 2 is 1.19 bits per heavy atom. The third-order valence-electron chi connectivity index (χ3n) is 5.79. The Morgan fingerprint density at radius 3 is 1.68 bits per heavy atom. The maximum atomic E-state index is 11.6. The molecule has 1 atom stereocenters. The molecule has 0 heterocycles. The first-order chi connectivity index (χ1) is 15.1. The number of hydrogen-bond acceptors (Lipinski definition) is 3. The lowest BCUT2D eigenvalue weighted by Crippen LogP contribution is -2.19. The summed E-state index contributed by atoms with van der Waals surface area (Å²) < 4.78 is 5.01. The van der Waals surface area contributed by atoms with Crippen molar-refractivity contribution < 1.29 is 19.4 Å². The van der Waals surface area contributed by atoms with Crippen LogP contribution in [0, 0.1) is 5.92 Å². The van der Waals surface area contributed by atoms with Crippen molar-refractivity contribution in [2.45, 2.75) is 136 Å². The topological polar surface area (TPSA) is 63.6 Å². The van der Waals surface area contributed by atoms with Crippen LogP contribution in [0.3, 0.4) is 0 Å². The van der Waals surface area contributed by atoms with E-state index < -0.39 is 11.9 Å². The van der Waals surface area contributed by atoms with E-state index in [0.717, 1.165) is 25.7 Å². The first-order valence-electron chi connectivity index (χ1n) is 13.1. The van der Waals surface area contributed by atoms with Gasteiger partial charge in [0.25, 0.3) is 0 Å². The average Bonchev–Trinajstić information content (AvgIpc) is 2.75. The summed E-state index contributed by atoms with van der Waals surface area (Å²) in [6.07, 6.45) is 26.2. The largest absolute Gasteiger partial charge is 0.481 e. The van der Waals surface area contributed by atoms with Crippen LogP contribution in [0.1, 0.15) is 136 Å². The summed E-state index contributed by atoms with van der Waals surface area (Å²) in [4.78, 5) is 22.9. The predicted molar refractivity (Wildman–Crippen MR) is 130 cm³/mol. The SMILES string of the molecule is CCCCC/C=C/CCCCCCCCCCCCCC(CC(=O)OCCC)C(=O)O. The molecule has 0 aromatic rings. The second-order valence-electron chi connectivity index (χ2n) is 8.89. The summed E-state index contributed by atoms with van der Waals surface area (Å²) >= 11 is 0. The number of aliphatic carboxylic acids is 1.